The summed E-state index contributed by atoms with van der Waals surface area (Å²) in [7, 11) is 0. The number of fused-ring (bicyclic) bond motifs is 1. The molecule has 1 N–H and O–H groups in total. The first kappa shape index (κ1) is 16.5. The molecule has 0 amide bonds. The van der Waals surface area contributed by atoms with Crippen molar-refractivity contribution in [2.24, 2.45) is 0 Å². The average Bonchev–Trinajstić information content (AvgIpc) is 3.12. The summed E-state index contributed by atoms with van der Waals surface area (Å²) in [4.78, 5) is 8.29. The Hall–Kier alpha value is -3.00. The van der Waals surface area contributed by atoms with Crippen molar-refractivity contribution in [1.82, 2.24) is 29.8 Å². The van der Waals surface area contributed by atoms with Gasteiger partial charge in [-0.3, -0.25) is 0 Å². The number of rotatable bonds is 7. The van der Waals surface area contributed by atoms with Crippen molar-refractivity contribution in [1.29, 1.82) is 0 Å². The second-order valence-corrected chi connectivity index (χ2v) is 6.65. The molecule has 3 heterocycles. The van der Waals surface area contributed by atoms with Gasteiger partial charge >= 0.3 is 0 Å². The molecule has 0 radical (unpaired) electrons. The van der Waals surface area contributed by atoms with Crippen LogP contribution in [0.2, 0.25) is 0 Å². The standard InChI is InChI=1S/C18H17N7S/c1-2-6-14(7-3-1)17-23-22-15-8-9-16(24-25(15)17)26-13-5-12-21-18-19-10-4-11-20-18/h1-4,6-11H,5,12-13H2,(H,19,20,21). The minimum absolute atomic E-state index is 0.661. The van der Waals surface area contributed by atoms with E-state index in [-0.39, 0.29) is 0 Å². The second kappa shape index (κ2) is 7.92. The number of aromatic nitrogens is 6. The van der Waals surface area contributed by atoms with Crippen molar-refractivity contribution < 1.29 is 0 Å². The molecule has 26 heavy (non-hydrogen) atoms. The van der Waals surface area contributed by atoms with Crippen molar-refractivity contribution in [3.8, 4) is 11.4 Å². The quantitative estimate of drug-likeness (QED) is 0.399. The Kier molecular flexibility index (Phi) is 5.02. The van der Waals surface area contributed by atoms with Crippen molar-refractivity contribution >= 4 is 23.4 Å². The smallest absolute Gasteiger partial charge is 0.222 e. The SMILES string of the molecule is c1ccc(-c2nnc3ccc(SCCCNc4ncccn4)nn23)cc1. The molecule has 0 unspecified atom stereocenters. The largest absolute Gasteiger partial charge is 0.354 e. The van der Waals surface area contributed by atoms with E-state index in [4.69, 9.17) is 0 Å². The highest BCUT2D eigenvalue weighted by atomic mass is 32.2. The van der Waals surface area contributed by atoms with Gasteiger partial charge in [0.05, 0.1) is 0 Å². The highest BCUT2D eigenvalue weighted by Gasteiger charge is 2.09. The van der Waals surface area contributed by atoms with Crippen LogP contribution in [0.4, 0.5) is 5.95 Å². The molecule has 4 aromatic rings. The normalized spacial score (nSPS) is 10.9. The first-order chi connectivity index (χ1) is 12.9. The van der Waals surface area contributed by atoms with Gasteiger partial charge in [-0.15, -0.1) is 22.0 Å². The van der Waals surface area contributed by atoms with Gasteiger partial charge in [-0.05, 0) is 24.6 Å². The molecular weight excluding hydrogens is 346 g/mol. The third-order valence-corrected chi connectivity index (χ3v) is 4.70. The maximum absolute atomic E-state index is 4.68. The molecule has 0 aliphatic rings. The Labute approximate surface area is 154 Å². The van der Waals surface area contributed by atoms with Gasteiger partial charge in [0.15, 0.2) is 11.5 Å². The van der Waals surface area contributed by atoms with E-state index < -0.39 is 0 Å². The van der Waals surface area contributed by atoms with Gasteiger partial charge in [-0.25, -0.2) is 9.97 Å². The predicted octanol–water partition coefficient (Wildman–Crippen LogP) is 3.18. The lowest BCUT2D eigenvalue weighted by atomic mass is 10.2. The van der Waals surface area contributed by atoms with Crippen LogP contribution < -0.4 is 5.32 Å². The van der Waals surface area contributed by atoms with Gasteiger partial charge in [-0.1, -0.05) is 30.3 Å². The van der Waals surface area contributed by atoms with Gasteiger partial charge in [0, 0.05) is 30.3 Å². The van der Waals surface area contributed by atoms with Crippen LogP contribution in [0.3, 0.4) is 0 Å². The molecule has 1 aromatic carbocycles. The molecule has 0 saturated carbocycles. The maximum Gasteiger partial charge on any atom is 0.222 e. The minimum atomic E-state index is 0.661. The van der Waals surface area contributed by atoms with Crippen LogP contribution in [0.5, 0.6) is 0 Å². The predicted molar refractivity (Wildman–Crippen MR) is 102 cm³/mol. The van der Waals surface area contributed by atoms with Gasteiger partial charge in [-0.2, -0.15) is 9.61 Å². The summed E-state index contributed by atoms with van der Waals surface area (Å²) in [5.41, 5.74) is 1.75. The maximum atomic E-state index is 4.68. The average molecular weight is 363 g/mol. The first-order valence-corrected chi connectivity index (χ1v) is 9.30. The molecular formula is C18H17N7S. The van der Waals surface area contributed by atoms with E-state index in [2.05, 4.69) is 30.6 Å². The molecule has 0 atom stereocenters. The topological polar surface area (TPSA) is 80.9 Å². The summed E-state index contributed by atoms with van der Waals surface area (Å²) >= 11 is 1.71. The number of nitrogens with zero attached hydrogens (tertiary/aromatic N) is 6. The molecule has 0 spiro atoms. The van der Waals surface area contributed by atoms with E-state index in [1.807, 2.05) is 42.5 Å². The van der Waals surface area contributed by atoms with Crippen molar-refractivity contribution in [3.63, 3.8) is 0 Å². The molecule has 0 aliphatic carbocycles. The molecule has 0 fully saturated rings. The van der Waals surface area contributed by atoms with Crippen LogP contribution in [0.15, 0.2) is 66.0 Å². The van der Waals surface area contributed by atoms with E-state index in [0.717, 1.165) is 40.8 Å². The van der Waals surface area contributed by atoms with Crippen molar-refractivity contribution in [2.45, 2.75) is 11.4 Å². The molecule has 0 bridgehead atoms. The third kappa shape index (κ3) is 3.80. The van der Waals surface area contributed by atoms with E-state index >= 15 is 0 Å². The first-order valence-electron chi connectivity index (χ1n) is 8.32. The lowest BCUT2D eigenvalue weighted by Gasteiger charge is -2.05. The number of nitrogens with one attached hydrogen (secondary N) is 1. The van der Waals surface area contributed by atoms with E-state index in [9.17, 15) is 0 Å². The Morgan fingerprint density at radius 3 is 2.62 bits per heavy atom. The van der Waals surface area contributed by atoms with Crippen LogP contribution in [0.1, 0.15) is 6.42 Å². The molecule has 0 aliphatic heterocycles. The lowest BCUT2D eigenvalue weighted by molar-refractivity contribution is 0.858. The van der Waals surface area contributed by atoms with E-state index in [0.29, 0.717) is 5.95 Å². The minimum Gasteiger partial charge on any atom is -0.354 e. The summed E-state index contributed by atoms with van der Waals surface area (Å²) in [6, 6.07) is 15.7. The number of anilines is 1. The zero-order valence-electron chi connectivity index (χ0n) is 14.0. The van der Waals surface area contributed by atoms with Crippen molar-refractivity contribution in [2.75, 3.05) is 17.6 Å². The summed E-state index contributed by atoms with van der Waals surface area (Å²) in [6.07, 6.45) is 4.44. The molecule has 7 nitrogen and oxygen atoms in total. The monoisotopic (exact) mass is 363 g/mol. The number of thioether (sulfide) groups is 1. The molecule has 8 heteroatoms. The number of hydrogen-bond donors (Lipinski definition) is 1. The fraction of sp³-hybridized carbons (Fsp3) is 0.167. The number of hydrogen-bond acceptors (Lipinski definition) is 7. The molecule has 130 valence electrons. The van der Waals surface area contributed by atoms with Gasteiger partial charge < -0.3 is 5.32 Å². The zero-order chi connectivity index (χ0) is 17.6. The summed E-state index contributed by atoms with van der Waals surface area (Å²) in [5.74, 6) is 2.36. The Bertz CT molecular complexity index is 973. The Morgan fingerprint density at radius 1 is 0.923 bits per heavy atom. The van der Waals surface area contributed by atoms with Crippen LogP contribution in [-0.2, 0) is 0 Å². The fourth-order valence-corrected chi connectivity index (χ4v) is 3.26. The molecule has 0 saturated heterocycles. The fourth-order valence-electron chi connectivity index (χ4n) is 2.46. The summed E-state index contributed by atoms with van der Waals surface area (Å²) in [6.45, 7) is 0.821. The van der Waals surface area contributed by atoms with Crippen LogP contribution >= 0.6 is 11.8 Å². The summed E-state index contributed by atoms with van der Waals surface area (Å²) in [5, 5.41) is 17.3. The Balaban J connectivity index is 1.38. The molecule has 3 aromatic heterocycles. The van der Waals surface area contributed by atoms with Gasteiger partial charge in [0.25, 0.3) is 0 Å². The summed E-state index contributed by atoms with van der Waals surface area (Å²) < 4.78 is 1.80. The Morgan fingerprint density at radius 2 is 1.77 bits per heavy atom. The lowest BCUT2D eigenvalue weighted by Crippen LogP contribution is -2.05. The number of benzene rings is 1. The van der Waals surface area contributed by atoms with E-state index in [1.54, 1.807) is 34.7 Å². The second-order valence-electron chi connectivity index (χ2n) is 5.53. The van der Waals surface area contributed by atoms with Gasteiger partial charge in [0.2, 0.25) is 5.95 Å². The highest BCUT2D eigenvalue weighted by molar-refractivity contribution is 7.99. The molecule has 4 rings (SSSR count). The van der Waals surface area contributed by atoms with E-state index in [1.165, 1.54) is 0 Å². The van der Waals surface area contributed by atoms with Crippen molar-refractivity contribution in [3.05, 3.63) is 60.9 Å². The van der Waals surface area contributed by atoms with Crippen LogP contribution in [0.25, 0.3) is 17.0 Å². The zero-order valence-corrected chi connectivity index (χ0v) is 14.8. The highest BCUT2D eigenvalue weighted by Crippen LogP contribution is 2.20. The van der Waals surface area contributed by atoms with Gasteiger partial charge in [0.1, 0.15) is 5.03 Å². The van der Waals surface area contributed by atoms with Crippen LogP contribution in [0, 0.1) is 0 Å². The third-order valence-electron chi connectivity index (χ3n) is 3.69. The van der Waals surface area contributed by atoms with Crippen LogP contribution in [-0.4, -0.2) is 42.1 Å².